The summed E-state index contributed by atoms with van der Waals surface area (Å²) in [4.78, 5) is 0. The van der Waals surface area contributed by atoms with Crippen molar-refractivity contribution >= 4 is 0 Å². The van der Waals surface area contributed by atoms with Gasteiger partial charge < -0.3 is 33.2 Å². The third-order valence-corrected chi connectivity index (χ3v) is 7.39. The number of rotatable bonds is 15. The van der Waals surface area contributed by atoms with Crippen LogP contribution in [-0.4, -0.2) is 51.5 Å². The Balaban J connectivity index is 1.39. The van der Waals surface area contributed by atoms with Crippen LogP contribution >= 0.6 is 0 Å². The highest BCUT2D eigenvalue weighted by Gasteiger charge is 2.48. The van der Waals surface area contributed by atoms with Gasteiger partial charge in [0.1, 0.15) is 30.2 Å². The van der Waals surface area contributed by atoms with E-state index in [0.29, 0.717) is 33.0 Å². The van der Waals surface area contributed by atoms with Gasteiger partial charge in [0.25, 0.3) is 0 Å². The number of hydrogen-bond acceptors (Lipinski definition) is 7. The molecule has 1 saturated heterocycles. The summed E-state index contributed by atoms with van der Waals surface area (Å²) in [5, 5.41) is 0. The molecule has 0 radical (unpaired) electrons. The highest BCUT2D eigenvalue weighted by molar-refractivity contribution is 5.26. The minimum absolute atomic E-state index is 0.294. The molecule has 0 amide bonds. The smallest absolute Gasteiger partial charge is 0.186 e. The average molecular weight is 585 g/mol. The molecule has 0 aromatic heterocycles. The van der Waals surface area contributed by atoms with E-state index in [9.17, 15) is 0 Å². The van der Waals surface area contributed by atoms with E-state index < -0.39 is 30.7 Å². The van der Waals surface area contributed by atoms with Gasteiger partial charge in [0.05, 0.1) is 40.1 Å². The molecule has 1 aliphatic heterocycles. The van der Waals surface area contributed by atoms with Crippen LogP contribution in [0.1, 0.15) is 22.3 Å². The maximum atomic E-state index is 6.67. The van der Waals surface area contributed by atoms with Gasteiger partial charge in [-0.25, -0.2) is 0 Å². The zero-order valence-electron chi connectivity index (χ0n) is 24.7. The minimum atomic E-state index is -0.688. The van der Waals surface area contributed by atoms with E-state index in [1.165, 1.54) is 0 Å². The van der Waals surface area contributed by atoms with Crippen LogP contribution in [0.2, 0.25) is 0 Å². The first kappa shape index (κ1) is 30.9. The van der Waals surface area contributed by atoms with Crippen LogP contribution in [0.25, 0.3) is 0 Å². The fourth-order valence-electron chi connectivity index (χ4n) is 5.08. The maximum Gasteiger partial charge on any atom is 0.186 e. The number of benzene rings is 4. The van der Waals surface area contributed by atoms with E-state index in [2.05, 4.69) is 0 Å². The monoisotopic (exact) mass is 584 g/mol. The summed E-state index contributed by atoms with van der Waals surface area (Å²) >= 11 is 0. The Bertz CT molecular complexity index is 1320. The van der Waals surface area contributed by atoms with Crippen LogP contribution in [0.3, 0.4) is 0 Å². The van der Waals surface area contributed by atoms with Gasteiger partial charge in [0.2, 0.25) is 0 Å². The normalized spacial score (nSPS) is 21.9. The standard InChI is InChI=1S/C36H40O7/c1-37-31-20-18-30(19-21-31)25-41-34-33(40-23-28-14-8-4-9-15-28)32(26-39-22-27-12-6-3-7-13-27)43-36(38-2)35(34)42-24-29-16-10-5-11-17-29/h3-21,32-36H,22-26H2,1-2H3/t32-,33+,34+,35-,36+/m1/s1. The summed E-state index contributed by atoms with van der Waals surface area (Å²) in [7, 11) is 3.28. The molecule has 0 spiro atoms. The van der Waals surface area contributed by atoms with Gasteiger partial charge in [0, 0.05) is 7.11 Å². The van der Waals surface area contributed by atoms with Crippen molar-refractivity contribution in [3.63, 3.8) is 0 Å². The number of hydrogen-bond donors (Lipinski definition) is 0. The fourth-order valence-corrected chi connectivity index (χ4v) is 5.08. The first-order valence-electron chi connectivity index (χ1n) is 14.6. The second-order valence-electron chi connectivity index (χ2n) is 10.4. The van der Waals surface area contributed by atoms with Crippen molar-refractivity contribution in [2.45, 2.75) is 57.1 Å². The van der Waals surface area contributed by atoms with Gasteiger partial charge in [-0.15, -0.1) is 0 Å². The van der Waals surface area contributed by atoms with Gasteiger partial charge in [-0.2, -0.15) is 0 Å². The second-order valence-corrected chi connectivity index (χ2v) is 10.4. The first-order valence-corrected chi connectivity index (χ1v) is 14.6. The van der Waals surface area contributed by atoms with Crippen molar-refractivity contribution in [2.75, 3.05) is 20.8 Å². The predicted molar refractivity (Wildman–Crippen MR) is 163 cm³/mol. The second kappa shape index (κ2) is 16.3. The maximum absolute atomic E-state index is 6.67. The Morgan fingerprint density at radius 1 is 0.512 bits per heavy atom. The van der Waals surface area contributed by atoms with E-state index >= 15 is 0 Å². The predicted octanol–water partition coefficient (Wildman–Crippen LogP) is 6.34. The lowest BCUT2D eigenvalue weighted by molar-refractivity contribution is -0.323. The Morgan fingerprint density at radius 3 is 1.49 bits per heavy atom. The van der Waals surface area contributed by atoms with Crippen LogP contribution in [-0.2, 0) is 54.8 Å². The largest absolute Gasteiger partial charge is 0.497 e. The molecule has 7 heteroatoms. The molecule has 0 aliphatic carbocycles. The van der Waals surface area contributed by atoms with Crippen molar-refractivity contribution in [3.8, 4) is 5.75 Å². The van der Waals surface area contributed by atoms with Crippen molar-refractivity contribution < 1.29 is 33.2 Å². The van der Waals surface area contributed by atoms with Gasteiger partial charge in [-0.05, 0) is 34.4 Å². The Labute approximate surface area is 254 Å². The zero-order valence-corrected chi connectivity index (χ0v) is 24.7. The third kappa shape index (κ3) is 8.97. The third-order valence-electron chi connectivity index (χ3n) is 7.39. The molecule has 0 unspecified atom stereocenters. The Morgan fingerprint density at radius 2 is 0.977 bits per heavy atom. The minimum Gasteiger partial charge on any atom is -0.497 e. The van der Waals surface area contributed by atoms with E-state index in [1.807, 2.05) is 115 Å². The molecule has 1 fully saturated rings. The lowest BCUT2D eigenvalue weighted by atomic mass is 9.97. The summed E-state index contributed by atoms with van der Waals surface area (Å²) in [6.45, 7) is 1.85. The molecule has 5 rings (SSSR count). The molecule has 0 saturated carbocycles. The number of methoxy groups -OCH3 is 2. The molecule has 1 heterocycles. The summed E-state index contributed by atoms with van der Waals surface area (Å²) in [6, 6.07) is 38.0. The van der Waals surface area contributed by atoms with Gasteiger partial charge in [-0.3, -0.25) is 0 Å². The van der Waals surface area contributed by atoms with Gasteiger partial charge in [0.15, 0.2) is 6.29 Å². The molecule has 0 N–H and O–H groups in total. The molecule has 43 heavy (non-hydrogen) atoms. The van der Waals surface area contributed by atoms with E-state index in [1.54, 1.807) is 14.2 Å². The Kier molecular flexibility index (Phi) is 11.7. The van der Waals surface area contributed by atoms with Crippen LogP contribution in [0.5, 0.6) is 5.75 Å². The lowest BCUT2D eigenvalue weighted by Gasteiger charge is -2.45. The average Bonchev–Trinajstić information content (AvgIpc) is 3.07. The first-order chi connectivity index (χ1) is 21.2. The van der Waals surface area contributed by atoms with Crippen molar-refractivity contribution in [1.82, 2.24) is 0 Å². The van der Waals surface area contributed by atoms with Crippen LogP contribution in [0.4, 0.5) is 0 Å². The summed E-state index contributed by atoms with van der Waals surface area (Å²) in [5.74, 6) is 0.790. The van der Waals surface area contributed by atoms with E-state index in [-0.39, 0.29) is 0 Å². The highest BCUT2D eigenvalue weighted by Crippen LogP contribution is 2.31. The van der Waals surface area contributed by atoms with Crippen LogP contribution in [0.15, 0.2) is 115 Å². The topological polar surface area (TPSA) is 64.6 Å². The molecule has 0 bridgehead atoms. The van der Waals surface area contributed by atoms with Crippen molar-refractivity contribution in [3.05, 3.63) is 138 Å². The molecule has 4 aromatic carbocycles. The van der Waals surface area contributed by atoms with Gasteiger partial charge in [-0.1, -0.05) is 103 Å². The molecule has 4 aromatic rings. The molecular formula is C36H40O7. The van der Waals surface area contributed by atoms with Crippen LogP contribution < -0.4 is 4.74 Å². The zero-order chi connectivity index (χ0) is 29.7. The molecule has 1 aliphatic rings. The lowest BCUT2D eigenvalue weighted by Crippen LogP contribution is -2.61. The van der Waals surface area contributed by atoms with Crippen LogP contribution in [0, 0.1) is 0 Å². The molecule has 226 valence electrons. The molecule has 5 atom stereocenters. The number of ether oxygens (including phenoxy) is 7. The van der Waals surface area contributed by atoms with Gasteiger partial charge >= 0.3 is 0 Å². The Hall–Kier alpha value is -3.56. The summed E-state index contributed by atoms with van der Waals surface area (Å²) in [5.41, 5.74) is 4.18. The SMILES string of the molecule is COc1ccc(CO[C@H]2[C@@H](OCc3ccccc3)[C@@H](COCc3ccccc3)O[C@H](OC)[C@@H]2OCc2ccccc2)cc1. The summed E-state index contributed by atoms with van der Waals surface area (Å²) in [6.07, 6.45) is -2.73. The highest BCUT2D eigenvalue weighted by atomic mass is 16.7. The fraction of sp³-hybridized carbons (Fsp3) is 0.333. The van der Waals surface area contributed by atoms with Crippen molar-refractivity contribution in [2.24, 2.45) is 0 Å². The summed E-state index contributed by atoms with van der Waals surface area (Å²) < 4.78 is 43.6. The van der Waals surface area contributed by atoms with E-state index in [0.717, 1.165) is 28.0 Å². The quantitative estimate of drug-likeness (QED) is 0.162. The van der Waals surface area contributed by atoms with Crippen molar-refractivity contribution in [1.29, 1.82) is 0 Å². The molecular weight excluding hydrogens is 544 g/mol. The van der Waals surface area contributed by atoms with E-state index in [4.69, 9.17) is 33.2 Å². The molecule has 7 nitrogen and oxygen atoms in total.